The average molecular weight is 399 g/mol. The van der Waals surface area contributed by atoms with Crippen molar-refractivity contribution in [3.05, 3.63) is 46.3 Å². The zero-order valence-electron chi connectivity index (χ0n) is 16.6. The lowest BCUT2D eigenvalue weighted by atomic mass is 10.0. The number of amides is 1. The van der Waals surface area contributed by atoms with Crippen molar-refractivity contribution in [1.82, 2.24) is 4.98 Å². The summed E-state index contributed by atoms with van der Waals surface area (Å²) in [4.78, 5) is 27.9. The Balaban J connectivity index is 1.95. The summed E-state index contributed by atoms with van der Waals surface area (Å²) in [5, 5.41) is 24.3. The van der Waals surface area contributed by atoms with Crippen molar-refractivity contribution in [2.24, 2.45) is 0 Å². The van der Waals surface area contributed by atoms with Crippen LogP contribution in [0.2, 0.25) is 0 Å². The Kier molecular flexibility index (Phi) is 6.05. The largest absolute Gasteiger partial charge is 0.462 e. The lowest BCUT2D eigenvalue weighted by molar-refractivity contribution is -0.110. The third-order valence-electron chi connectivity index (χ3n) is 4.80. The predicted octanol–water partition coefficient (Wildman–Crippen LogP) is 2.07. The summed E-state index contributed by atoms with van der Waals surface area (Å²) < 4.78 is 5.12. The van der Waals surface area contributed by atoms with Crippen LogP contribution in [-0.2, 0) is 9.53 Å². The number of aromatic amines is 1. The lowest BCUT2D eigenvalue weighted by Crippen LogP contribution is -2.22. The summed E-state index contributed by atoms with van der Waals surface area (Å²) in [5.74, 6) is -0.634. The van der Waals surface area contributed by atoms with Crippen LogP contribution in [0, 0.1) is 13.8 Å². The van der Waals surface area contributed by atoms with Crippen molar-refractivity contribution in [3.8, 4) is 0 Å². The molecule has 1 aromatic heterocycles. The summed E-state index contributed by atoms with van der Waals surface area (Å²) in [6.07, 6.45) is 0.849. The highest BCUT2D eigenvalue weighted by Crippen LogP contribution is 2.35. The number of nitrogens with one attached hydrogen (secondary N) is 3. The van der Waals surface area contributed by atoms with Gasteiger partial charge in [-0.05, 0) is 50.6 Å². The molecule has 2 aromatic rings. The van der Waals surface area contributed by atoms with Gasteiger partial charge in [-0.3, -0.25) is 4.79 Å². The fraction of sp³-hybridized carbons (Fsp3) is 0.333. The molecular weight excluding hydrogens is 374 g/mol. The fourth-order valence-electron chi connectivity index (χ4n) is 3.31. The molecule has 0 spiro atoms. The van der Waals surface area contributed by atoms with Crippen molar-refractivity contribution in [2.45, 2.75) is 26.9 Å². The van der Waals surface area contributed by atoms with E-state index in [2.05, 4.69) is 15.6 Å². The molecule has 0 radical (unpaired) electrons. The molecule has 1 aliphatic rings. The Morgan fingerprint density at radius 1 is 1.34 bits per heavy atom. The average Bonchev–Trinajstić information content (AvgIpc) is 3.15. The number of carbonyl (C=O) groups excluding carboxylic acids is 2. The number of anilines is 2. The van der Waals surface area contributed by atoms with Crippen LogP contribution in [0.1, 0.15) is 39.8 Å². The first-order valence-corrected chi connectivity index (χ1v) is 9.42. The molecule has 1 aliphatic heterocycles. The van der Waals surface area contributed by atoms with Gasteiger partial charge in [-0.2, -0.15) is 0 Å². The molecule has 0 fully saturated rings. The van der Waals surface area contributed by atoms with E-state index in [1.807, 2.05) is 6.92 Å². The number of hydrogen-bond donors (Lipinski definition) is 5. The van der Waals surface area contributed by atoms with E-state index in [0.717, 1.165) is 5.56 Å². The normalized spacial score (nSPS) is 15.2. The van der Waals surface area contributed by atoms with Crippen LogP contribution >= 0.6 is 0 Å². The predicted molar refractivity (Wildman–Crippen MR) is 111 cm³/mol. The third-order valence-corrected chi connectivity index (χ3v) is 4.80. The summed E-state index contributed by atoms with van der Waals surface area (Å²) in [5.41, 5.74) is 5.11. The topological polar surface area (TPSA) is 124 Å². The summed E-state index contributed by atoms with van der Waals surface area (Å²) in [7, 11) is 0. The molecule has 0 bridgehead atoms. The minimum absolute atomic E-state index is 0.188. The number of H-pyrrole nitrogens is 1. The fourth-order valence-corrected chi connectivity index (χ4v) is 3.31. The number of rotatable bonds is 7. The second-order valence-corrected chi connectivity index (χ2v) is 6.87. The van der Waals surface area contributed by atoms with Gasteiger partial charge in [0.05, 0.1) is 30.5 Å². The second kappa shape index (κ2) is 8.50. The molecule has 8 heteroatoms. The summed E-state index contributed by atoms with van der Waals surface area (Å²) in [6, 6.07) is 5.37. The van der Waals surface area contributed by atoms with E-state index < -0.39 is 12.1 Å². The molecule has 1 aromatic carbocycles. The molecule has 2 heterocycles. The molecule has 3 rings (SSSR count). The molecule has 5 N–H and O–H groups in total. The maximum atomic E-state index is 12.5. The molecule has 0 aliphatic carbocycles. The molecule has 1 atom stereocenters. The highest BCUT2D eigenvalue weighted by atomic mass is 16.5. The number of aryl methyl sites for hydroxylation is 1. The number of aromatic nitrogens is 1. The smallest absolute Gasteiger partial charge is 0.340 e. The number of aliphatic hydroxyl groups is 2. The van der Waals surface area contributed by atoms with Gasteiger partial charge in [0.25, 0.3) is 5.91 Å². The van der Waals surface area contributed by atoms with E-state index in [-0.39, 0.29) is 25.7 Å². The van der Waals surface area contributed by atoms with Gasteiger partial charge in [-0.25, -0.2) is 4.79 Å². The monoisotopic (exact) mass is 399 g/mol. The molecule has 1 unspecified atom stereocenters. The number of carbonyl (C=O) groups is 2. The summed E-state index contributed by atoms with van der Waals surface area (Å²) >= 11 is 0. The maximum Gasteiger partial charge on any atom is 0.340 e. The molecular formula is C21H25N3O5. The van der Waals surface area contributed by atoms with Crippen molar-refractivity contribution in [3.63, 3.8) is 0 Å². The molecule has 29 heavy (non-hydrogen) atoms. The van der Waals surface area contributed by atoms with Crippen molar-refractivity contribution >= 4 is 34.9 Å². The first kappa shape index (κ1) is 20.6. The molecule has 154 valence electrons. The Morgan fingerprint density at radius 3 is 2.79 bits per heavy atom. The molecule has 8 nitrogen and oxygen atoms in total. The number of benzene rings is 1. The van der Waals surface area contributed by atoms with Crippen molar-refractivity contribution in [2.75, 3.05) is 30.4 Å². The second-order valence-electron chi connectivity index (χ2n) is 6.87. The first-order chi connectivity index (χ1) is 13.8. The zero-order chi connectivity index (χ0) is 21.1. The molecule has 1 amide bonds. The third kappa shape index (κ3) is 4.18. The van der Waals surface area contributed by atoms with Crippen LogP contribution in [0.15, 0.2) is 18.2 Å². The van der Waals surface area contributed by atoms with E-state index in [1.54, 1.807) is 38.1 Å². The van der Waals surface area contributed by atoms with Crippen LogP contribution in [0.5, 0.6) is 0 Å². The van der Waals surface area contributed by atoms with Gasteiger partial charge in [-0.1, -0.05) is 0 Å². The standard InChI is InChI=1S/C21H25N3O5/c1-4-29-21(28)19-11(2)18(23-12(19)3)8-16-15-7-13(22-9-14(26)10-25)5-6-17(15)24-20(16)27/h5-8,14,22-23,25-26H,4,9-10H2,1-3H3,(H,24,27). The van der Waals surface area contributed by atoms with E-state index in [1.165, 1.54) is 0 Å². The van der Waals surface area contributed by atoms with Crippen LogP contribution in [0.3, 0.4) is 0 Å². The van der Waals surface area contributed by atoms with Gasteiger partial charge >= 0.3 is 5.97 Å². The van der Waals surface area contributed by atoms with Crippen LogP contribution in [-0.4, -0.2) is 52.9 Å². The van der Waals surface area contributed by atoms with Gasteiger partial charge in [0.1, 0.15) is 0 Å². The van der Waals surface area contributed by atoms with Gasteiger partial charge in [0, 0.05) is 34.9 Å². The number of fused-ring (bicyclic) bond motifs is 1. The Labute approximate surface area is 168 Å². The zero-order valence-corrected chi connectivity index (χ0v) is 16.6. The van der Waals surface area contributed by atoms with E-state index in [9.17, 15) is 14.7 Å². The van der Waals surface area contributed by atoms with Crippen molar-refractivity contribution in [1.29, 1.82) is 0 Å². The summed E-state index contributed by atoms with van der Waals surface area (Å²) in [6.45, 7) is 5.49. The van der Waals surface area contributed by atoms with Gasteiger partial charge < -0.3 is 30.6 Å². The Morgan fingerprint density at radius 2 is 2.10 bits per heavy atom. The van der Waals surface area contributed by atoms with Gasteiger partial charge in [-0.15, -0.1) is 0 Å². The Hall–Kier alpha value is -3.10. The van der Waals surface area contributed by atoms with Gasteiger partial charge in [0.2, 0.25) is 0 Å². The lowest BCUT2D eigenvalue weighted by Gasteiger charge is -2.11. The number of hydrogen-bond acceptors (Lipinski definition) is 6. The minimum Gasteiger partial charge on any atom is -0.462 e. The quantitative estimate of drug-likeness (QED) is 0.359. The number of aliphatic hydroxyl groups excluding tert-OH is 2. The SMILES string of the molecule is CCOC(=O)c1c(C)[nH]c(C=C2C(=O)Nc3ccc(NCC(O)CO)cc32)c1C. The van der Waals surface area contributed by atoms with E-state index in [4.69, 9.17) is 9.84 Å². The highest BCUT2D eigenvalue weighted by molar-refractivity contribution is 6.35. The van der Waals surface area contributed by atoms with E-state index >= 15 is 0 Å². The van der Waals surface area contributed by atoms with Crippen molar-refractivity contribution < 1.29 is 24.5 Å². The Bertz CT molecular complexity index is 977. The van der Waals surface area contributed by atoms with Crippen LogP contribution in [0.25, 0.3) is 11.6 Å². The first-order valence-electron chi connectivity index (χ1n) is 9.42. The van der Waals surface area contributed by atoms with E-state index in [0.29, 0.717) is 39.5 Å². The number of ether oxygens (including phenoxy) is 1. The van der Waals surface area contributed by atoms with Crippen LogP contribution < -0.4 is 10.6 Å². The maximum absolute atomic E-state index is 12.5. The number of esters is 1. The molecule has 0 saturated heterocycles. The highest BCUT2D eigenvalue weighted by Gasteiger charge is 2.26. The minimum atomic E-state index is -0.871. The van der Waals surface area contributed by atoms with Gasteiger partial charge in [0.15, 0.2) is 0 Å². The van der Waals surface area contributed by atoms with Crippen LogP contribution in [0.4, 0.5) is 11.4 Å². The molecule has 0 saturated carbocycles.